The number of aromatic amines is 1. The van der Waals surface area contributed by atoms with E-state index in [9.17, 15) is 0 Å². The van der Waals surface area contributed by atoms with Crippen LogP contribution >= 0.6 is 0 Å². The first-order valence-corrected chi connectivity index (χ1v) is 14.2. The van der Waals surface area contributed by atoms with Crippen LogP contribution in [-0.2, 0) is 0 Å². The van der Waals surface area contributed by atoms with Crippen molar-refractivity contribution in [3.63, 3.8) is 0 Å². The Bertz CT molecular complexity index is 2670. The molecule has 0 aliphatic carbocycles. The molecule has 2 aliphatic heterocycles. The van der Waals surface area contributed by atoms with Crippen molar-refractivity contribution in [2.75, 3.05) is 34.5 Å². The van der Waals surface area contributed by atoms with Crippen molar-refractivity contribution in [3.8, 4) is 45.6 Å². The molecule has 3 aromatic heterocycles. The molecule has 4 aromatic carbocycles. The van der Waals surface area contributed by atoms with E-state index >= 15 is 0 Å². The maximum absolute atomic E-state index is 6.75. The lowest BCUT2D eigenvalue weighted by Gasteiger charge is -2.09. The molecule has 7 aromatic rings. The van der Waals surface area contributed by atoms with Crippen LogP contribution in [0.2, 0.25) is 0 Å². The van der Waals surface area contributed by atoms with Crippen molar-refractivity contribution in [3.05, 3.63) is 66.7 Å². The van der Waals surface area contributed by atoms with E-state index in [2.05, 4.69) is 4.98 Å². The van der Waals surface area contributed by atoms with Crippen LogP contribution < -0.4 is 34.5 Å². The highest BCUT2D eigenvalue weighted by Gasteiger charge is 2.25. The zero-order valence-corrected chi connectivity index (χ0v) is 23.9. The Kier molecular flexibility index (Phi) is 4.88. The third kappa shape index (κ3) is 3.28. The van der Waals surface area contributed by atoms with E-state index < -0.39 is 0 Å². The number of rotatable bonds is 0. The second-order valence-corrected chi connectivity index (χ2v) is 11.1. The van der Waals surface area contributed by atoms with Crippen molar-refractivity contribution < 1.29 is 0 Å². The molecule has 46 heavy (non-hydrogen) atoms. The summed E-state index contributed by atoms with van der Waals surface area (Å²) in [6.45, 7) is 0. The summed E-state index contributed by atoms with van der Waals surface area (Å²) >= 11 is 0. The molecule has 222 valence electrons. The normalized spacial score (nSPS) is 12.0. The standard InChI is InChI=1S/C32H24N14/c33-17-11-5-10-16-18(17)28-41-27(16)45-32-15-9-4-3-8-14(15)31(46(32)38)44-26-13-7-2-1-6-12(13)25(39-26)40-29-19-20(30(42-28)43-29)22(35)24(37)23(36)21(19)34/h1-11H,33-38H2,(H,39,40,41,42,43,44,45). The molecule has 0 spiro atoms. The fourth-order valence-corrected chi connectivity index (χ4v) is 6.25. The molecule has 9 rings (SSSR count). The Morgan fingerprint density at radius 1 is 0.478 bits per heavy atom. The molecule has 0 fully saturated rings. The third-order valence-electron chi connectivity index (χ3n) is 8.49. The molecular formula is C32H24N14. The highest BCUT2D eigenvalue weighted by atomic mass is 15.3. The van der Waals surface area contributed by atoms with Gasteiger partial charge in [0.25, 0.3) is 0 Å². The minimum Gasteiger partial charge on any atom is -0.398 e. The SMILES string of the molecule is Nc1cccc2c1-c1nc-2nc2c3ccccc3c(nc3nc(nc4[nH]c(n1)c1c(N)c(N)c(N)c(N)c41)-c1ccccc1-3)n2N. The van der Waals surface area contributed by atoms with E-state index in [4.69, 9.17) is 64.4 Å². The van der Waals surface area contributed by atoms with Gasteiger partial charge < -0.3 is 39.5 Å². The Hall–Kier alpha value is -6.96. The van der Waals surface area contributed by atoms with Crippen LogP contribution in [-0.4, -0.2) is 39.6 Å². The van der Waals surface area contributed by atoms with Crippen molar-refractivity contribution in [2.24, 2.45) is 0 Å². The first-order valence-electron chi connectivity index (χ1n) is 14.2. The number of hydrogen-bond donors (Lipinski definition) is 7. The summed E-state index contributed by atoms with van der Waals surface area (Å²) in [5.41, 5.74) is 37.7. The van der Waals surface area contributed by atoms with Gasteiger partial charge in [-0.25, -0.2) is 34.6 Å². The number of nitrogens with zero attached hydrogens (tertiary/aromatic N) is 7. The zero-order chi connectivity index (χ0) is 31.4. The van der Waals surface area contributed by atoms with Gasteiger partial charge in [0.15, 0.2) is 34.6 Å². The predicted octanol–water partition coefficient (Wildman–Crippen LogP) is 3.97. The van der Waals surface area contributed by atoms with Crippen molar-refractivity contribution in [1.29, 1.82) is 0 Å². The van der Waals surface area contributed by atoms with Crippen LogP contribution in [0.4, 0.5) is 28.4 Å². The van der Waals surface area contributed by atoms with Gasteiger partial charge >= 0.3 is 0 Å². The van der Waals surface area contributed by atoms with E-state index in [1.54, 1.807) is 6.07 Å². The molecule has 0 radical (unpaired) electrons. The Morgan fingerprint density at radius 2 is 0.957 bits per heavy atom. The third-order valence-corrected chi connectivity index (χ3v) is 8.49. The van der Waals surface area contributed by atoms with Crippen LogP contribution in [0.5, 0.6) is 0 Å². The van der Waals surface area contributed by atoms with Crippen molar-refractivity contribution in [1.82, 2.24) is 39.6 Å². The second kappa shape index (κ2) is 8.79. The van der Waals surface area contributed by atoms with Crippen LogP contribution in [0, 0.1) is 0 Å². The Labute approximate surface area is 258 Å². The minimum absolute atomic E-state index is 0.137. The van der Waals surface area contributed by atoms with Gasteiger partial charge in [-0.15, -0.1) is 0 Å². The maximum atomic E-state index is 6.75. The van der Waals surface area contributed by atoms with Gasteiger partial charge in [-0.3, -0.25) is 0 Å². The molecular weight excluding hydrogens is 580 g/mol. The molecule has 0 saturated heterocycles. The van der Waals surface area contributed by atoms with Gasteiger partial charge in [-0.2, -0.15) is 0 Å². The van der Waals surface area contributed by atoms with Gasteiger partial charge in [0.05, 0.1) is 39.1 Å². The molecule has 0 atom stereocenters. The second-order valence-electron chi connectivity index (χ2n) is 11.1. The number of hydrogen-bond acceptors (Lipinski definition) is 12. The van der Waals surface area contributed by atoms with Crippen LogP contribution in [0.1, 0.15) is 0 Å². The lowest BCUT2D eigenvalue weighted by molar-refractivity contribution is 1.05. The first-order chi connectivity index (χ1) is 22.3. The molecule has 0 amide bonds. The number of nitrogen functional groups attached to an aromatic ring is 6. The number of H-pyrrole nitrogens is 1. The van der Waals surface area contributed by atoms with E-state index in [-0.39, 0.29) is 22.7 Å². The fraction of sp³-hybridized carbons (Fsp3) is 0. The molecule has 14 nitrogen and oxygen atoms in total. The molecule has 0 saturated carbocycles. The fourth-order valence-electron chi connectivity index (χ4n) is 6.25. The maximum Gasteiger partial charge on any atom is 0.166 e. The minimum atomic E-state index is 0.137. The topological polar surface area (TPSA) is 254 Å². The largest absolute Gasteiger partial charge is 0.398 e. The number of benzene rings is 4. The lowest BCUT2D eigenvalue weighted by Crippen LogP contribution is -2.09. The monoisotopic (exact) mass is 604 g/mol. The summed E-state index contributed by atoms with van der Waals surface area (Å²) < 4.78 is 1.44. The van der Waals surface area contributed by atoms with Gasteiger partial charge in [-0.05, 0) is 6.07 Å². The summed E-state index contributed by atoms with van der Waals surface area (Å²) in [4.78, 5) is 32.8. The number of aromatic nitrogens is 8. The summed E-state index contributed by atoms with van der Waals surface area (Å²) in [7, 11) is 0. The Morgan fingerprint density at radius 3 is 1.57 bits per heavy atom. The van der Waals surface area contributed by atoms with Crippen molar-refractivity contribution in [2.45, 2.75) is 0 Å². The summed E-state index contributed by atoms with van der Waals surface area (Å²) in [5, 5.41) is 2.44. The smallest absolute Gasteiger partial charge is 0.166 e. The van der Waals surface area contributed by atoms with Gasteiger partial charge in [0.1, 0.15) is 11.3 Å². The van der Waals surface area contributed by atoms with Crippen LogP contribution in [0.15, 0.2) is 66.7 Å². The molecule has 2 aliphatic rings. The van der Waals surface area contributed by atoms with E-state index in [0.29, 0.717) is 73.5 Å². The number of anilines is 5. The number of fused-ring (bicyclic) bond motifs is 20. The number of nitrogens with two attached hydrogens (primary N) is 6. The van der Waals surface area contributed by atoms with Crippen LogP contribution in [0.3, 0.4) is 0 Å². The summed E-state index contributed by atoms with van der Waals surface area (Å²) in [5.74, 6) is 8.22. The predicted molar refractivity (Wildman–Crippen MR) is 182 cm³/mol. The molecule has 8 bridgehead atoms. The zero-order valence-electron chi connectivity index (χ0n) is 23.9. The van der Waals surface area contributed by atoms with Gasteiger partial charge in [-0.1, -0.05) is 60.7 Å². The quantitative estimate of drug-likeness (QED) is 0.0958. The van der Waals surface area contributed by atoms with E-state index in [1.165, 1.54) is 4.68 Å². The molecule has 14 heteroatoms. The van der Waals surface area contributed by atoms with Crippen molar-refractivity contribution >= 4 is 72.6 Å². The molecule has 0 unspecified atom stereocenters. The van der Waals surface area contributed by atoms with E-state index in [0.717, 1.165) is 21.9 Å². The van der Waals surface area contributed by atoms with Gasteiger partial charge in [0.2, 0.25) is 0 Å². The average Bonchev–Trinajstić information content (AvgIpc) is 3.78. The number of nitrogens with one attached hydrogen (secondary N) is 1. The van der Waals surface area contributed by atoms with E-state index in [1.807, 2.05) is 60.7 Å². The summed E-state index contributed by atoms with van der Waals surface area (Å²) in [6.07, 6.45) is 0. The Balaban J connectivity index is 1.57. The molecule has 13 N–H and O–H groups in total. The highest BCUT2D eigenvalue weighted by Crippen LogP contribution is 2.44. The average molecular weight is 605 g/mol. The lowest BCUT2D eigenvalue weighted by atomic mass is 10.1. The van der Waals surface area contributed by atoms with Crippen LogP contribution in [0.25, 0.3) is 89.7 Å². The van der Waals surface area contributed by atoms with Gasteiger partial charge in [0, 0.05) is 33.2 Å². The molecule has 5 heterocycles. The highest BCUT2D eigenvalue weighted by molar-refractivity contribution is 6.22. The first kappa shape index (κ1) is 25.5. The summed E-state index contributed by atoms with van der Waals surface area (Å²) in [6, 6.07) is 20.8.